The summed E-state index contributed by atoms with van der Waals surface area (Å²) in [6.07, 6.45) is 0.723. The third kappa shape index (κ3) is 1.91. The van der Waals surface area contributed by atoms with E-state index < -0.39 is 0 Å². The molecule has 2 aliphatic rings. The summed E-state index contributed by atoms with van der Waals surface area (Å²) in [5, 5.41) is 0.765. The SMILES string of the molecule is CC(C)[C@H]1SC(C)(C)[C@@H]2SCCC(=O)N12. The van der Waals surface area contributed by atoms with Gasteiger partial charge in [-0.25, -0.2) is 0 Å². The number of fused-ring (bicyclic) bond motifs is 1. The van der Waals surface area contributed by atoms with E-state index in [9.17, 15) is 4.79 Å². The Hall–Kier alpha value is 0.170. The van der Waals surface area contributed by atoms with Crippen LogP contribution in [0.4, 0.5) is 0 Å². The lowest BCUT2D eigenvalue weighted by Gasteiger charge is -2.36. The lowest BCUT2D eigenvalue weighted by atomic mass is 10.1. The monoisotopic (exact) mass is 245 g/mol. The minimum Gasteiger partial charge on any atom is -0.317 e. The number of nitrogens with zero attached hydrogens (tertiary/aromatic N) is 1. The van der Waals surface area contributed by atoms with Gasteiger partial charge in [-0.3, -0.25) is 4.79 Å². The highest BCUT2D eigenvalue weighted by molar-refractivity contribution is 8.05. The minimum absolute atomic E-state index is 0.204. The lowest BCUT2D eigenvalue weighted by Crippen LogP contribution is -2.48. The maximum atomic E-state index is 12.0. The molecule has 0 bridgehead atoms. The molecular weight excluding hydrogens is 226 g/mol. The molecule has 2 aliphatic heterocycles. The van der Waals surface area contributed by atoms with Gasteiger partial charge in [-0.1, -0.05) is 13.8 Å². The summed E-state index contributed by atoms with van der Waals surface area (Å²) in [6.45, 7) is 8.96. The van der Waals surface area contributed by atoms with Crippen LogP contribution in [0.1, 0.15) is 34.1 Å². The predicted octanol–water partition coefficient (Wildman–Crippen LogP) is 2.79. The van der Waals surface area contributed by atoms with E-state index in [0.717, 1.165) is 12.2 Å². The number of rotatable bonds is 1. The highest BCUT2D eigenvalue weighted by Crippen LogP contribution is 2.52. The first kappa shape index (κ1) is 11.6. The Balaban J connectivity index is 2.28. The molecule has 0 aromatic rings. The van der Waals surface area contributed by atoms with Crippen molar-refractivity contribution in [2.75, 3.05) is 5.75 Å². The van der Waals surface area contributed by atoms with E-state index in [4.69, 9.17) is 0 Å². The van der Waals surface area contributed by atoms with Crippen LogP contribution in [-0.4, -0.2) is 32.1 Å². The molecule has 0 aliphatic carbocycles. The summed E-state index contributed by atoms with van der Waals surface area (Å²) < 4.78 is 0.204. The van der Waals surface area contributed by atoms with E-state index in [1.807, 2.05) is 23.5 Å². The van der Waals surface area contributed by atoms with Gasteiger partial charge < -0.3 is 4.90 Å². The van der Waals surface area contributed by atoms with Crippen LogP contribution < -0.4 is 0 Å². The summed E-state index contributed by atoms with van der Waals surface area (Å²) in [7, 11) is 0. The summed E-state index contributed by atoms with van der Waals surface area (Å²) in [5.41, 5.74) is 0. The van der Waals surface area contributed by atoms with Crippen molar-refractivity contribution in [1.29, 1.82) is 0 Å². The average molecular weight is 245 g/mol. The third-order valence-corrected chi connectivity index (χ3v) is 6.56. The molecule has 0 aromatic carbocycles. The molecule has 2 nitrogen and oxygen atoms in total. The normalized spacial score (nSPS) is 34.7. The topological polar surface area (TPSA) is 20.3 Å². The maximum absolute atomic E-state index is 12.0. The van der Waals surface area contributed by atoms with Gasteiger partial charge in [0, 0.05) is 16.9 Å². The second-order valence-corrected chi connectivity index (χ2v) is 8.09. The number of hydrogen-bond acceptors (Lipinski definition) is 3. The van der Waals surface area contributed by atoms with Crippen molar-refractivity contribution >= 4 is 29.4 Å². The lowest BCUT2D eigenvalue weighted by molar-refractivity contribution is -0.133. The van der Waals surface area contributed by atoms with Crippen molar-refractivity contribution in [2.24, 2.45) is 5.92 Å². The molecule has 2 atom stereocenters. The maximum Gasteiger partial charge on any atom is 0.225 e. The van der Waals surface area contributed by atoms with Crippen LogP contribution in [0.2, 0.25) is 0 Å². The molecule has 0 N–H and O–H groups in total. The smallest absolute Gasteiger partial charge is 0.225 e. The Labute approximate surface area is 101 Å². The zero-order valence-corrected chi connectivity index (χ0v) is 11.5. The van der Waals surface area contributed by atoms with Gasteiger partial charge in [-0.2, -0.15) is 0 Å². The minimum atomic E-state index is 0.204. The number of hydrogen-bond donors (Lipinski definition) is 0. The first-order valence-electron chi connectivity index (χ1n) is 5.54. The quantitative estimate of drug-likeness (QED) is 0.708. The summed E-state index contributed by atoms with van der Waals surface area (Å²) in [4.78, 5) is 14.1. The van der Waals surface area contributed by atoms with E-state index in [2.05, 4.69) is 32.6 Å². The Morgan fingerprint density at radius 1 is 1.47 bits per heavy atom. The summed E-state index contributed by atoms with van der Waals surface area (Å²) in [6, 6.07) is 0. The molecule has 15 heavy (non-hydrogen) atoms. The fraction of sp³-hybridized carbons (Fsp3) is 0.909. The van der Waals surface area contributed by atoms with E-state index in [0.29, 0.717) is 22.6 Å². The van der Waals surface area contributed by atoms with Gasteiger partial charge in [0.05, 0.1) is 10.7 Å². The fourth-order valence-corrected chi connectivity index (χ4v) is 5.54. The number of carbonyl (C=O) groups is 1. The Morgan fingerprint density at radius 3 is 2.73 bits per heavy atom. The van der Waals surface area contributed by atoms with Gasteiger partial charge in [0.15, 0.2) is 0 Å². The van der Waals surface area contributed by atoms with Gasteiger partial charge in [-0.05, 0) is 19.8 Å². The molecule has 0 spiro atoms. The summed E-state index contributed by atoms with van der Waals surface area (Å²) >= 11 is 3.92. The first-order valence-corrected chi connectivity index (χ1v) is 7.47. The van der Waals surface area contributed by atoms with Crippen LogP contribution in [0.5, 0.6) is 0 Å². The van der Waals surface area contributed by atoms with Crippen LogP contribution in [0.15, 0.2) is 0 Å². The standard InChI is InChI=1S/C11H19NOS2/c1-7(2)9-12-8(13)5-6-14-10(12)11(3,4)15-9/h7,9-10H,5-6H2,1-4H3/t9-,10+/m1/s1. The molecule has 2 fully saturated rings. The van der Waals surface area contributed by atoms with Crippen molar-refractivity contribution in [3.05, 3.63) is 0 Å². The Morgan fingerprint density at radius 2 is 2.13 bits per heavy atom. The van der Waals surface area contributed by atoms with E-state index in [1.54, 1.807) is 0 Å². The fourth-order valence-electron chi connectivity index (χ4n) is 2.29. The van der Waals surface area contributed by atoms with Crippen molar-refractivity contribution in [1.82, 2.24) is 4.90 Å². The largest absolute Gasteiger partial charge is 0.317 e. The number of thioether (sulfide) groups is 2. The molecular formula is C11H19NOS2. The van der Waals surface area contributed by atoms with Gasteiger partial charge in [-0.15, -0.1) is 23.5 Å². The van der Waals surface area contributed by atoms with Gasteiger partial charge in [0.1, 0.15) is 0 Å². The zero-order valence-electron chi connectivity index (χ0n) is 9.82. The Bertz CT molecular complexity index is 278. The van der Waals surface area contributed by atoms with Crippen LogP contribution in [0, 0.1) is 5.92 Å². The molecule has 86 valence electrons. The highest BCUT2D eigenvalue weighted by atomic mass is 32.2. The van der Waals surface area contributed by atoms with E-state index in [1.165, 1.54) is 0 Å². The van der Waals surface area contributed by atoms with Crippen molar-refractivity contribution in [2.45, 2.75) is 49.6 Å². The third-order valence-electron chi connectivity index (χ3n) is 3.00. The van der Waals surface area contributed by atoms with Crippen LogP contribution >= 0.6 is 23.5 Å². The van der Waals surface area contributed by atoms with Crippen molar-refractivity contribution in [3.8, 4) is 0 Å². The second kappa shape index (κ2) is 3.88. The molecule has 4 heteroatoms. The van der Waals surface area contributed by atoms with Gasteiger partial charge in [0.25, 0.3) is 0 Å². The van der Waals surface area contributed by atoms with Gasteiger partial charge >= 0.3 is 0 Å². The van der Waals surface area contributed by atoms with Crippen molar-refractivity contribution < 1.29 is 4.79 Å². The number of amides is 1. The predicted molar refractivity (Wildman–Crippen MR) is 68.0 cm³/mol. The molecule has 0 aromatic heterocycles. The molecule has 2 saturated heterocycles. The van der Waals surface area contributed by atoms with Crippen LogP contribution in [0.3, 0.4) is 0 Å². The number of carbonyl (C=O) groups excluding carboxylic acids is 1. The highest BCUT2D eigenvalue weighted by Gasteiger charge is 2.51. The molecule has 0 saturated carbocycles. The molecule has 0 radical (unpaired) electrons. The Kier molecular flexibility index (Phi) is 3.01. The second-order valence-electron chi connectivity index (χ2n) is 5.13. The van der Waals surface area contributed by atoms with E-state index >= 15 is 0 Å². The first-order chi connectivity index (χ1) is 6.93. The molecule has 2 rings (SSSR count). The molecule has 1 amide bonds. The molecule has 2 heterocycles. The van der Waals surface area contributed by atoms with Gasteiger partial charge in [0.2, 0.25) is 5.91 Å². The van der Waals surface area contributed by atoms with Crippen LogP contribution in [0.25, 0.3) is 0 Å². The molecule has 0 unspecified atom stereocenters. The van der Waals surface area contributed by atoms with E-state index in [-0.39, 0.29) is 4.75 Å². The average Bonchev–Trinajstić information content (AvgIpc) is 2.40. The van der Waals surface area contributed by atoms with Crippen molar-refractivity contribution in [3.63, 3.8) is 0 Å². The van der Waals surface area contributed by atoms with Crippen LogP contribution in [-0.2, 0) is 4.79 Å². The zero-order chi connectivity index (χ0) is 11.2. The summed E-state index contributed by atoms with van der Waals surface area (Å²) in [5.74, 6) is 1.90.